The summed E-state index contributed by atoms with van der Waals surface area (Å²) in [6.45, 7) is 10.2. The summed E-state index contributed by atoms with van der Waals surface area (Å²) in [7, 11) is 2.11. The van der Waals surface area contributed by atoms with Crippen LogP contribution in [-0.4, -0.2) is 84.3 Å². The maximum absolute atomic E-state index is 12.4. The molecule has 4 heterocycles. The van der Waals surface area contributed by atoms with Crippen molar-refractivity contribution in [2.75, 3.05) is 56.2 Å². The van der Waals surface area contributed by atoms with Crippen LogP contribution in [0.2, 0.25) is 0 Å². The Bertz CT molecular complexity index is 1570. The van der Waals surface area contributed by atoms with Gasteiger partial charge in [-0.3, -0.25) is 4.79 Å². The second-order valence-electron chi connectivity index (χ2n) is 11.7. The van der Waals surface area contributed by atoms with Gasteiger partial charge in [-0.25, -0.2) is 4.98 Å². The van der Waals surface area contributed by atoms with Crippen LogP contribution in [0.1, 0.15) is 36.6 Å². The lowest BCUT2D eigenvalue weighted by Crippen LogP contribution is -2.54. The summed E-state index contributed by atoms with van der Waals surface area (Å²) >= 11 is 0. The summed E-state index contributed by atoms with van der Waals surface area (Å²) in [5.41, 5.74) is 4.27. The molecule has 1 aromatic heterocycles. The van der Waals surface area contributed by atoms with E-state index >= 15 is 0 Å². The fraction of sp³-hybridized carbons (Fsp3) is 0.424. The summed E-state index contributed by atoms with van der Waals surface area (Å²) in [4.78, 5) is 26.0. The van der Waals surface area contributed by atoms with Gasteiger partial charge in [0.25, 0.3) is 0 Å². The summed E-state index contributed by atoms with van der Waals surface area (Å²) in [5, 5.41) is 23.1. The van der Waals surface area contributed by atoms with Crippen LogP contribution in [0.3, 0.4) is 0 Å². The molecule has 6 rings (SSSR count). The van der Waals surface area contributed by atoms with Gasteiger partial charge >= 0.3 is 0 Å². The molecular formula is C33H38N6O3. The van der Waals surface area contributed by atoms with Crippen LogP contribution in [0.5, 0.6) is 11.6 Å². The predicted molar refractivity (Wildman–Crippen MR) is 164 cm³/mol. The van der Waals surface area contributed by atoms with Crippen LogP contribution in [0.15, 0.2) is 49.1 Å². The highest BCUT2D eigenvalue weighted by Gasteiger charge is 2.34. The van der Waals surface area contributed by atoms with Crippen molar-refractivity contribution in [3.63, 3.8) is 0 Å². The fourth-order valence-corrected chi connectivity index (χ4v) is 6.78. The molecule has 2 fully saturated rings. The molecule has 3 aliphatic heterocycles. The number of phenolic OH excluding ortho intramolecular Hbond substituents is 1. The molecule has 9 nitrogen and oxygen atoms in total. The van der Waals surface area contributed by atoms with Crippen LogP contribution in [0.4, 0.5) is 11.4 Å². The topological polar surface area (TPSA) is 96.2 Å². The maximum atomic E-state index is 12.4. The second-order valence-corrected chi connectivity index (χ2v) is 11.7. The van der Waals surface area contributed by atoms with Gasteiger partial charge in [0.15, 0.2) is 0 Å². The molecule has 1 amide bonds. The second kappa shape index (κ2) is 11.5. The number of nitrogens with zero attached hydrogens (tertiary/aromatic N) is 6. The number of nitriles is 1. The largest absolute Gasteiger partial charge is 0.508 e. The molecule has 0 aliphatic carbocycles. The highest BCUT2D eigenvalue weighted by atomic mass is 16.5. The number of rotatable bonds is 6. The van der Waals surface area contributed by atoms with Gasteiger partial charge in [-0.2, -0.15) is 5.26 Å². The number of carbonyl (C=O) groups is 1. The van der Waals surface area contributed by atoms with Gasteiger partial charge in [-0.05, 0) is 57.3 Å². The van der Waals surface area contributed by atoms with Crippen molar-refractivity contribution < 1.29 is 14.6 Å². The van der Waals surface area contributed by atoms with Crippen LogP contribution in [0, 0.1) is 11.3 Å². The first-order valence-corrected chi connectivity index (χ1v) is 14.8. The van der Waals surface area contributed by atoms with Gasteiger partial charge in [0.2, 0.25) is 11.8 Å². The molecule has 2 atom stereocenters. The summed E-state index contributed by atoms with van der Waals surface area (Å²) < 4.78 is 6.38. The van der Waals surface area contributed by atoms with E-state index in [1.165, 1.54) is 6.08 Å². The van der Waals surface area contributed by atoms with Crippen LogP contribution >= 0.6 is 0 Å². The number of benzene rings is 2. The van der Waals surface area contributed by atoms with Crippen molar-refractivity contribution in [2.24, 2.45) is 0 Å². The zero-order chi connectivity index (χ0) is 29.4. The minimum Gasteiger partial charge on any atom is -0.508 e. The molecule has 0 saturated carbocycles. The maximum Gasteiger partial charge on any atom is 0.246 e. The normalized spacial score (nSPS) is 20.8. The van der Waals surface area contributed by atoms with Gasteiger partial charge in [0.05, 0.1) is 17.9 Å². The van der Waals surface area contributed by atoms with Crippen LogP contribution in [0.25, 0.3) is 10.8 Å². The Morgan fingerprint density at radius 2 is 2.07 bits per heavy atom. The molecule has 0 radical (unpaired) electrons. The third-order valence-electron chi connectivity index (χ3n) is 9.06. The Kier molecular flexibility index (Phi) is 7.65. The summed E-state index contributed by atoms with van der Waals surface area (Å²) in [5.74, 6) is 0.539. The lowest BCUT2D eigenvalue weighted by Gasteiger charge is -2.43. The zero-order valence-electron chi connectivity index (χ0n) is 24.4. The number of likely N-dealkylation sites (tertiary alicyclic amines) is 1. The standard InChI is InChI=1S/C33H38N6O3/c1-4-31(41)38-14-15-39(22(2)19-38)32-27-11-13-37(30-17-25(40)16-23-8-5-6-10-26(23)30)20-29(27)35-33(28(32)18-34)42-21-24-9-7-12-36(24)3/h4-6,8,10,16-17,22,24,40H,1,7,9,11-15,19-21H2,2-3H3. The van der Waals surface area contributed by atoms with E-state index in [0.717, 1.165) is 59.3 Å². The number of ether oxygens (including phenoxy) is 1. The smallest absolute Gasteiger partial charge is 0.246 e. The van der Waals surface area contributed by atoms with Crippen molar-refractivity contribution in [3.05, 3.63) is 65.9 Å². The third-order valence-corrected chi connectivity index (χ3v) is 9.06. The molecule has 2 aromatic carbocycles. The number of fused-ring (bicyclic) bond motifs is 2. The minimum atomic E-state index is -0.0718. The number of carbonyl (C=O) groups excluding carboxylic acids is 1. The minimum absolute atomic E-state index is 0.00288. The number of hydrogen-bond donors (Lipinski definition) is 1. The molecule has 1 N–H and O–H groups in total. The first kappa shape index (κ1) is 27.9. The zero-order valence-corrected chi connectivity index (χ0v) is 24.4. The van der Waals surface area contributed by atoms with E-state index in [2.05, 4.69) is 47.4 Å². The van der Waals surface area contributed by atoms with Crippen molar-refractivity contribution in [2.45, 2.75) is 44.8 Å². The predicted octanol–water partition coefficient (Wildman–Crippen LogP) is 4.07. The van der Waals surface area contributed by atoms with Crippen LogP contribution < -0.4 is 14.5 Å². The highest BCUT2D eigenvalue weighted by molar-refractivity contribution is 5.96. The molecule has 2 saturated heterocycles. The number of amides is 1. The number of anilines is 2. The lowest BCUT2D eigenvalue weighted by atomic mass is 9.96. The van der Waals surface area contributed by atoms with E-state index in [1.54, 1.807) is 6.07 Å². The Balaban J connectivity index is 1.40. The Morgan fingerprint density at radius 1 is 1.24 bits per heavy atom. The Labute approximate surface area is 247 Å². The molecule has 3 aliphatic rings. The van der Waals surface area contributed by atoms with Crippen molar-refractivity contribution in [1.82, 2.24) is 14.8 Å². The highest BCUT2D eigenvalue weighted by Crippen LogP contribution is 2.40. The number of piperazine rings is 1. The van der Waals surface area contributed by atoms with Crippen molar-refractivity contribution >= 4 is 28.1 Å². The van der Waals surface area contributed by atoms with E-state index in [9.17, 15) is 15.2 Å². The molecule has 9 heteroatoms. The Hall–Kier alpha value is -4.29. The average molecular weight is 567 g/mol. The average Bonchev–Trinajstić information content (AvgIpc) is 3.42. The van der Waals surface area contributed by atoms with Gasteiger partial charge in [-0.15, -0.1) is 0 Å². The molecule has 0 spiro atoms. The molecule has 2 unspecified atom stereocenters. The van der Waals surface area contributed by atoms with Crippen molar-refractivity contribution in [1.29, 1.82) is 5.26 Å². The Morgan fingerprint density at radius 3 is 2.81 bits per heavy atom. The quantitative estimate of drug-likeness (QED) is 0.446. The van der Waals surface area contributed by atoms with Gasteiger partial charge in [-0.1, -0.05) is 30.8 Å². The van der Waals surface area contributed by atoms with Gasteiger partial charge in [0, 0.05) is 61.0 Å². The van der Waals surface area contributed by atoms with E-state index < -0.39 is 0 Å². The molecular weight excluding hydrogens is 528 g/mol. The van der Waals surface area contributed by atoms with Gasteiger partial charge in [0.1, 0.15) is 24.0 Å². The number of aromatic hydroxyl groups is 1. The molecule has 218 valence electrons. The lowest BCUT2D eigenvalue weighted by molar-refractivity contribution is -0.126. The first-order valence-electron chi connectivity index (χ1n) is 14.8. The number of aromatic nitrogens is 1. The third kappa shape index (κ3) is 5.12. The van der Waals surface area contributed by atoms with E-state index in [0.29, 0.717) is 56.7 Å². The molecule has 42 heavy (non-hydrogen) atoms. The molecule has 3 aromatic rings. The van der Waals surface area contributed by atoms with E-state index in [-0.39, 0.29) is 17.7 Å². The van der Waals surface area contributed by atoms with Gasteiger partial charge < -0.3 is 29.4 Å². The van der Waals surface area contributed by atoms with Crippen molar-refractivity contribution in [3.8, 4) is 17.7 Å². The van der Waals surface area contributed by atoms with Crippen LogP contribution in [-0.2, 0) is 17.8 Å². The van der Waals surface area contributed by atoms with E-state index in [1.807, 2.05) is 29.2 Å². The summed E-state index contributed by atoms with van der Waals surface area (Å²) in [6.07, 6.45) is 4.25. The summed E-state index contributed by atoms with van der Waals surface area (Å²) in [6, 6.07) is 14.4. The number of likely N-dealkylation sites (N-methyl/N-ethyl adjacent to an activating group) is 1. The fourth-order valence-electron chi connectivity index (χ4n) is 6.78. The number of pyridine rings is 1. The monoisotopic (exact) mass is 566 g/mol. The first-order chi connectivity index (χ1) is 20.4. The van der Waals surface area contributed by atoms with E-state index in [4.69, 9.17) is 9.72 Å². The molecule has 0 bridgehead atoms. The SMILES string of the molecule is C=CC(=O)N1CCN(c2c(C#N)c(OCC3CCCN3C)nc3c2CCN(c2cc(O)cc4ccccc24)C3)C(C)C1. The number of phenols is 1. The number of hydrogen-bond acceptors (Lipinski definition) is 8.